The molecule has 0 atom stereocenters. The summed E-state index contributed by atoms with van der Waals surface area (Å²) in [5.74, 6) is -0.485. The van der Waals surface area contributed by atoms with E-state index in [9.17, 15) is 8.78 Å². The fourth-order valence-electron chi connectivity index (χ4n) is 2.49. The minimum Gasteiger partial charge on any atom is -0.338 e. The summed E-state index contributed by atoms with van der Waals surface area (Å²) < 4.78 is 26.8. The van der Waals surface area contributed by atoms with Crippen LogP contribution in [0.2, 0.25) is 0 Å². The number of benzene rings is 2. The van der Waals surface area contributed by atoms with E-state index >= 15 is 0 Å². The molecular formula is C19H18F2N4. The molecule has 0 fully saturated rings. The van der Waals surface area contributed by atoms with Crippen LogP contribution < -0.4 is 10.6 Å². The van der Waals surface area contributed by atoms with Crippen molar-refractivity contribution in [3.63, 3.8) is 0 Å². The lowest BCUT2D eigenvalue weighted by Gasteiger charge is -2.12. The van der Waals surface area contributed by atoms with Crippen molar-refractivity contribution in [3.05, 3.63) is 70.9 Å². The number of hydrogen-bond acceptors (Lipinski definition) is 4. The smallest absolute Gasteiger partial charge is 0.229 e. The Hall–Kier alpha value is -3.02. The first-order valence-electron chi connectivity index (χ1n) is 7.83. The molecule has 128 valence electrons. The third kappa shape index (κ3) is 4.09. The zero-order chi connectivity index (χ0) is 18.0. The highest BCUT2D eigenvalue weighted by atomic mass is 19.1. The summed E-state index contributed by atoms with van der Waals surface area (Å²) in [6.07, 6.45) is 0. The zero-order valence-corrected chi connectivity index (χ0v) is 14.2. The molecule has 4 nitrogen and oxygen atoms in total. The number of halogens is 2. The lowest BCUT2D eigenvalue weighted by molar-refractivity contribution is 0.586. The van der Waals surface area contributed by atoms with E-state index in [-0.39, 0.29) is 5.69 Å². The van der Waals surface area contributed by atoms with E-state index in [0.29, 0.717) is 17.5 Å². The van der Waals surface area contributed by atoms with Crippen molar-refractivity contribution in [1.29, 1.82) is 0 Å². The van der Waals surface area contributed by atoms with Gasteiger partial charge in [-0.05, 0) is 44.5 Å². The maximum Gasteiger partial charge on any atom is 0.229 e. The second-order valence-corrected chi connectivity index (χ2v) is 5.91. The molecule has 3 aromatic rings. The molecule has 0 bridgehead atoms. The van der Waals surface area contributed by atoms with Crippen molar-refractivity contribution in [1.82, 2.24) is 9.97 Å². The van der Waals surface area contributed by atoms with Crippen LogP contribution in [0, 0.1) is 32.4 Å². The zero-order valence-electron chi connectivity index (χ0n) is 14.2. The Balaban J connectivity index is 1.87. The van der Waals surface area contributed by atoms with Crippen molar-refractivity contribution >= 4 is 23.1 Å². The molecular weight excluding hydrogens is 322 g/mol. The molecule has 0 saturated carbocycles. The molecule has 1 heterocycles. The third-order valence-corrected chi connectivity index (χ3v) is 3.68. The van der Waals surface area contributed by atoms with Gasteiger partial charge in [0.1, 0.15) is 17.5 Å². The Bertz CT molecular complexity index is 854. The quantitative estimate of drug-likeness (QED) is 0.688. The van der Waals surface area contributed by atoms with Gasteiger partial charge in [-0.2, -0.15) is 4.98 Å². The van der Waals surface area contributed by atoms with Gasteiger partial charge in [0, 0.05) is 23.5 Å². The highest BCUT2D eigenvalue weighted by Gasteiger charge is 2.08. The molecule has 0 aliphatic rings. The first kappa shape index (κ1) is 16.8. The van der Waals surface area contributed by atoms with Crippen LogP contribution in [-0.4, -0.2) is 9.97 Å². The van der Waals surface area contributed by atoms with Gasteiger partial charge in [0.15, 0.2) is 0 Å². The van der Waals surface area contributed by atoms with Gasteiger partial charge in [0.2, 0.25) is 5.95 Å². The Morgan fingerprint density at radius 2 is 1.56 bits per heavy atom. The minimum atomic E-state index is -0.680. The summed E-state index contributed by atoms with van der Waals surface area (Å²) in [5.41, 5.74) is 4.01. The Morgan fingerprint density at radius 3 is 2.28 bits per heavy atom. The van der Waals surface area contributed by atoms with Crippen LogP contribution in [-0.2, 0) is 0 Å². The van der Waals surface area contributed by atoms with Gasteiger partial charge in [0.25, 0.3) is 0 Å². The van der Waals surface area contributed by atoms with Crippen LogP contribution in [0.3, 0.4) is 0 Å². The van der Waals surface area contributed by atoms with Crippen LogP contribution in [0.4, 0.5) is 31.9 Å². The molecule has 2 aromatic carbocycles. The van der Waals surface area contributed by atoms with Crippen LogP contribution in [0.25, 0.3) is 0 Å². The largest absolute Gasteiger partial charge is 0.338 e. The van der Waals surface area contributed by atoms with Crippen molar-refractivity contribution in [2.45, 2.75) is 20.8 Å². The highest BCUT2D eigenvalue weighted by Crippen LogP contribution is 2.23. The van der Waals surface area contributed by atoms with Gasteiger partial charge in [-0.15, -0.1) is 0 Å². The first-order valence-corrected chi connectivity index (χ1v) is 7.83. The van der Waals surface area contributed by atoms with Gasteiger partial charge in [-0.1, -0.05) is 17.7 Å². The standard InChI is InChI=1S/C19H18F2N4/c1-11-4-6-16(12(2)8-11)24-19-22-13(3)9-18(25-19)23-17-7-5-14(20)10-15(17)21/h4-10H,1-3H3,(H2,22,23,24,25). The highest BCUT2D eigenvalue weighted by molar-refractivity contribution is 5.62. The third-order valence-electron chi connectivity index (χ3n) is 3.68. The second-order valence-electron chi connectivity index (χ2n) is 5.91. The second kappa shape index (κ2) is 6.84. The number of hydrogen-bond donors (Lipinski definition) is 2. The number of nitrogens with zero attached hydrogens (tertiary/aromatic N) is 2. The van der Waals surface area contributed by atoms with E-state index in [1.54, 1.807) is 6.07 Å². The summed E-state index contributed by atoms with van der Waals surface area (Å²) in [6, 6.07) is 11.1. The maximum absolute atomic E-state index is 13.8. The van der Waals surface area contributed by atoms with E-state index in [0.717, 1.165) is 17.3 Å². The summed E-state index contributed by atoms with van der Waals surface area (Å²) in [5, 5.41) is 6.03. The molecule has 0 radical (unpaired) electrons. The van der Waals surface area contributed by atoms with E-state index in [1.807, 2.05) is 32.9 Å². The normalized spacial score (nSPS) is 10.6. The number of aryl methyl sites for hydroxylation is 3. The van der Waals surface area contributed by atoms with Gasteiger partial charge in [-0.25, -0.2) is 13.8 Å². The Labute approximate surface area is 145 Å². The minimum absolute atomic E-state index is 0.150. The summed E-state index contributed by atoms with van der Waals surface area (Å²) in [4.78, 5) is 8.71. The Kier molecular flexibility index (Phi) is 4.61. The number of rotatable bonds is 4. The molecule has 0 amide bonds. The van der Waals surface area contributed by atoms with Gasteiger partial charge < -0.3 is 10.6 Å². The lowest BCUT2D eigenvalue weighted by Crippen LogP contribution is -2.04. The van der Waals surface area contributed by atoms with Crippen molar-refractivity contribution in [3.8, 4) is 0 Å². The van der Waals surface area contributed by atoms with Crippen molar-refractivity contribution in [2.24, 2.45) is 0 Å². The molecule has 2 N–H and O–H groups in total. The van der Waals surface area contributed by atoms with E-state index in [1.165, 1.54) is 17.7 Å². The SMILES string of the molecule is Cc1ccc(Nc2nc(C)cc(Nc3ccc(F)cc3F)n2)c(C)c1. The summed E-state index contributed by atoms with van der Waals surface area (Å²) >= 11 is 0. The van der Waals surface area contributed by atoms with Crippen LogP contribution in [0.15, 0.2) is 42.5 Å². The summed E-state index contributed by atoms with van der Waals surface area (Å²) in [6.45, 7) is 5.85. The van der Waals surface area contributed by atoms with Crippen LogP contribution in [0.1, 0.15) is 16.8 Å². The monoisotopic (exact) mass is 340 g/mol. The molecule has 0 aliphatic heterocycles. The first-order chi connectivity index (χ1) is 11.9. The van der Waals surface area contributed by atoms with Crippen LogP contribution in [0.5, 0.6) is 0 Å². The number of nitrogens with one attached hydrogen (secondary N) is 2. The molecule has 1 aromatic heterocycles. The molecule has 3 rings (SSSR count). The topological polar surface area (TPSA) is 49.8 Å². The maximum atomic E-state index is 13.8. The average Bonchev–Trinajstić information content (AvgIpc) is 2.52. The van der Waals surface area contributed by atoms with Crippen LogP contribution >= 0.6 is 0 Å². The number of anilines is 4. The average molecular weight is 340 g/mol. The van der Waals surface area contributed by atoms with Gasteiger partial charge in [0.05, 0.1) is 5.69 Å². The van der Waals surface area contributed by atoms with Gasteiger partial charge in [-0.3, -0.25) is 0 Å². The fraction of sp³-hybridized carbons (Fsp3) is 0.158. The number of aromatic nitrogens is 2. The molecule has 0 spiro atoms. The lowest BCUT2D eigenvalue weighted by atomic mass is 10.1. The van der Waals surface area contributed by atoms with E-state index in [4.69, 9.17) is 0 Å². The predicted octanol–water partition coefficient (Wildman–Crippen LogP) is 5.17. The van der Waals surface area contributed by atoms with E-state index < -0.39 is 11.6 Å². The molecule has 0 aliphatic carbocycles. The molecule has 0 saturated heterocycles. The molecule has 0 unspecified atom stereocenters. The fourth-order valence-corrected chi connectivity index (χ4v) is 2.49. The van der Waals surface area contributed by atoms with Crippen molar-refractivity contribution in [2.75, 3.05) is 10.6 Å². The molecule has 25 heavy (non-hydrogen) atoms. The predicted molar refractivity (Wildman–Crippen MR) is 95.6 cm³/mol. The summed E-state index contributed by atoms with van der Waals surface area (Å²) in [7, 11) is 0. The Morgan fingerprint density at radius 1 is 0.800 bits per heavy atom. The molecule has 6 heteroatoms. The van der Waals surface area contributed by atoms with Crippen molar-refractivity contribution < 1.29 is 8.78 Å². The van der Waals surface area contributed by atoms with Gasteiger partial charge >= 0.3 is 0 Å². The van der Waals surface area contributed by atoms with E-state index in [2.05, 4.69) is 26.7 Å².